The van der Waals surface area contributed by atoms with E-state index >= 15 is 28.8 Å². The van der Waals surface area contributed by atoms with Gasteiger partial charge in [-0.25, -0.2) is 0 Å². The molecule has 2 aromatic rings. The number of hydrogen-bond donors (Lipinski definition) is 6. The first kappa shape index (κ1) is 86.4. The number of hydrogen-bond acceptors (Lipinski definition) is 15. The molecule has 0 aromatic heterocycles. The Morgan fingerprint density at radius 1 is 0.520 bits per heavy atom. The Labute approximate surface area is 604 Å². The molecule has 0 bridgehead atoms. The van der Waals surface area contributed by atoms with Gasteiger partial charge < -0.3 is 75.5 Å². The molecule has 6 N–H and O–H groups in total. The van der Waals surface area contributed by atoms with Gasteiger partial charge in [-0.15, -0.1) is 0 Å². The molecular weight excluding hydrogens is 1310 g/mol. The van der Waals surface area contributed by atoms with Crippen molar-refractivity contribution in [2.45, 2.75) is 233 Å². The summed E-state index contributed by atoms with van der Waals surface area (Å²) in [6.45, 7) is 22.1. The minimum absolute atomic E-state index is 0.00427. The molecule has 0 saturated carbocycles. The van der Waals surface area contributed by atoms with Crippen LogP contribution < -0.4 is 26.6 Å². The molecule has 0 unspecified atom stereocenters. The number of nitrogens with one attached hydrogen (secondary N) is 5. The molecule has 2 heterocycles. The van der Waals surface area contributed by atoms with Crippen LogP contribution in [0.3, 0.4) is 0 Å². The monoisotopic (exact) mass is 1430 g/mol. The van der Waals surface area contributed by atoms with E-state index in [1.54, 1.807) is 107 Å². The van der Waals surface area contributed by atoms with Crippen molar-refractivity contribution in [2.75, 3.05) is 81.2 Å². The van der Waals surface area contributed by atoms with Gasteiger partial charge in [-0.3, -0.25) is 57.5 Å². The molecule has 2 saturated heterocycles. The highest BCUT2D eigenvalue weighted by Crippen LogP contribution is 2.22. The molecule has 27 heteroatoms. The third-order valence-corrected chi connectivity index (χ3v) is 18.7. The third-order valence-electron chi connectivity index (χ3n) is 18.7. The van der Waals surface area contributed by atoms with Crippen LogP contribution in [-0.4, -0.2) is 264 Å². The van der Waals surface area contributed by atoms with Gasteiger partial charge in [0.15, 0.2) is 0 Å². The summed E-state index contributed by atoms with van der Waals surface area (Å²) in [5.41, 5.74) is 0.412. The van der Waals surface area contributed by atoms with Crippen LogP contribution in [0.5, 0.6) is 0 Å². The fourth-order valence-electron chi connectivity index (χ4n) is 12.8. The molecule has 570 valence electrons. The van der Waals surface area contributed by atoms with Crippen LogP contribution in [0.1, 0.15) is 159 Å². The van der Waals surface area contributed by atoms with Crippen molar-refractivity contribution in [2.24, 2.45) is 17.8 Å². The lowest BCUT2D eigenvalue weighted by Crippen LogP contribution is -2.62. The number of likely N-dealkylation sites (N-methyl/N-ethyl adjacent to an activating group) is 5. The van der Waals surface area contributed by atoms with Crippen molar-refractivity contribution in [3.8, 4) is 0 Å². The van der Waals surface area contributed by atoms with Crippen molar-refractivity contribution < 1.29 is 72.1 Å². The van der Waals surface area contributed by atoms with Gasteiger partial charge in [0, 0.05) is 74.3 Å². The Kier molecular flexibility index (Phi) is 35.0. The normalized spacial score (nSPS) is 24.8. The van der Waals surface area contributed by atoms with E-state index in [1.165, 1.54) is 56.9 Å². The second-order valence-electron chi connectivity index (χ2n) is 29.5. The smallest absolute Gasteiger partial charge is 0.248 e. The van der Waals surface area contributed by atoms with Crippen LogP contribution in [0.4, 0.5) is 0 Å². The quantitative estimate of drug-likeness (QED) is 0.103. The summed E-state index contributed by atoms with van der Waals surface area (Å²) in [5.74, 6) is -9.67. The minimum Gasteiger partial charge on any atom is -0.391 e. The molecule has 0 radical (unpaired) electrons. The van der Waals surface area contributed by atoms with E-state index in [1.807, 2.05) is 41.5 Å². The molecular formula is C75H120N12O15. The van der Waals surface area contributed by atoms with Crippen LogP contribution >= 0.6 is 0 Å². The maximum atomic E-state index is 15.4. The van der Waals surface area contributed by atoms with Gasteiger partial charge in [0.25, 0.3) is 0 Å². The van der Waals surface area contributed by atoms with Crippen LogP contribution in [0.25, 0.3) is 0 Å². The Bertz CT molecular complexity index is 3100. The van der Waals surface area contributed by atoms with E-state index in [0.717, 1.165) is 21.1 Å². The average Bonchev–Trinajstić information content (AvgIpc) is 0.823. The fourth-order valence-corrected chi connectivity index (χ4v) is 12.8. The average molecular weight is 1430 g/mol. The predicted octanol–water partition coefficient (Wildman–Crippen LogP) is 3.47. The number of piperidine rings is 1. The van der Waals surface area contributed by atoms with Crippen LogP contribution in [-0.2, 0) is 79.8 Å². The zero-order valence-electron chi connectivity index (χ0n) is 63.9. The van der Waals surface area contributed by atoms with Gasteiger partial charge in [0.1, 0.15) is 60.4 Å². The molecule has 2 fully saturated rings. The second-order valence-corrected chi connectivity index (χ2v) is 29.5. The van der Waals surface area contributed by atoms with Gasteiger partial charge in [0.05, 0.1) is 37.9 Å². The molecule has 0 aliphatic carbocycles. The summed E-state index contributed by atoms with van der Waals surface area (Å²) < 4.78 is 11.8. The van der Waals surface area contributed by atoms with Crippen molar-refractivity contribution >= 4 is 70.9 Å². The first-order chi connectivity index (χ1) is 48.0. The Balaban J connectivity index is 2.00. The summed E-state index contributed by atoms with van der Waals surface area (Å²) in [6, 6.07) is 3.90. The molecule has 0 spiro atoms. The Hall–Kier alpha value is -8.04. The number of ether oxygens (including phenoxy) is 2. The van der Waals surface area contributed by atoms with E-state index in [4.69, 9.17) is 9.47 Å². The number of carbonyl (C=O) groups is 12. The van der Waals surface area contributed by atoms with E-state index < -0.39 is 163 Å². The zero-order valence-corrected chi connectivity index (χ0v) is 63.9. The van der Waals surface area contributed by atoms with Gasteiger partial charge in [-0.1, -0.05) is 116 Å². The van der Waals surface area contributed by atoms with E-state index in [-0.39, 0.29) is 82.5 Å². The molecule has 12 amide bonds. The van der Waals surface area contributed by atoms with Crippen molar-refractivity contribution in [3.05, 3.63) is 71.8 Å². The van der Waals surface area contributed by atoms with Crippen LogP contribution in [0.2, 0.25) is 0 Å². The molecule has 2 aromatic carbocycles. The maximum Gasteiger partial charge on any atom is 0.248 e. The van der Waals surface area contributed by atoms with Crippen molar-refractivity contribution in [1.82, 2.24) is 60.9 Å². The first-order valence-electron chi connectivity index (χ1n) is 36.3. The highest BCUT2D eigenvalue weighted by Gasteiger charge is 2.43. The third kappa shape index (κ3) is 26.0. The first-order valence-corrected chi connectivity index (χ1v) is 36.3. The predicted molar refractivity (Wildman–Crippen MR) is 387 cm³/mol. The van der Waals surface area contributed by atoms with Gasteiger partial charge in [-0.2, -0.15) is 0 Å². The number of rotatable bonds is 20. The van der Waals surface area contributed by atoms with Crippen LogP contribution in [0.15, 0.2) is 60.7 Å². The van der Waals surface area contributed by atoms with Crippen LogP contribution in [0, 0.1) is 17.8 Å². The zero-order chi connectivity index (χ0) is 76.5. The molecule has 2 aliphatic rings. The summed E-state index contributed by atoms with van der Waals surface area (Å²) in [7, 11) is 6.97. The number of likely N-dealkylation sites (tertiary alicyclic amines) is 1. The summed E-state index contributed by atoms with van der Waals surface area (Å²) in [6.07, 6.45) is 0.00278. The molecule has 102 heavy (non-hydrogen) atoms. The lowest BCUT2D eigenvalue weighted by molar-refractivity contribution is -0.151. The van der Waals surface area contributed by atoms with E-state index in [0.29, 0.717) is 37.1 Å². The van der Waals surface area contributed by atoms with Gasteiger partial charge in [-0.05, 0) is 115 Å². The largest absolute Gasteiger partial charge is 0.391 e. The topological polar surface area (TPSA) is 326 Å². The second kappa shape index (κ2) is 41.3. The molecule has 4 rings (SSSR count). The maximum absolute atomic E-state index is 15.4. The number of benzene rings is 2. The fraction of sp³-hybridized carbons (Fsp3) is 0.680. The lowest BCUT2D eigenvalue weighted by Gasteiger charge is -2.37. The van der Waals surface area contributed by atoms with Gasteiger partial charge >= 0.3 is 0 Å². The van der Waals surface area contributed by atoms with Crippen molar-refractivity contribution in [3.63, 3.8) is 0 Å². The number of aliphatic hydroxyl groups is 1. The number of nitrogens with zero attached hydrogens (tertiary/aromatic N) is 7. The number of carbonyl (C=O) groups excluding carboxylic acids is 12. The Morgan fingerprint density at radius 2 is 0.961 bits per heavy atom. The molecule has 2 aliphatic heterocycles. The number of aliphatic hydroxyl groups excluding tert-OH is 1. The summed E-state index contributed by atoms with van der Waals surface area (Å²) >= 11 is 0. The highest BCUT2D eigenvalue weighted by molar-refractivity contribution is 6.00. The van der Waals surface area contributed by atoms with E-state index in [9.17, 15) is 33.9 Å². The lowest BCUT2D eigenvalue weighted by atomic mass is 9.98. The van der Waals surface area contributed by atoms with Gasteiger partial charge in [0.2, 0.25) is 70.9 Å². The summed E-state index contributed by atoms with van der Waals surface area (Å²) in [4.78, 5) is 189. The Morgan fingerprint density at radius 3 is 1.45 bits per heavy atom. The SMILES string of the molecule is CCOCCN1CC(=O)N(C)[C@@H](CC(C)C)C(=O)N[C@@H](COC(C)(C)C)C(=O)N(C)[C@@H](Cc2ccccc2)C(=O)N(C)[C@@H](CC)C(=O)N[C@H](C(=O)N2CCCCC2)CC(=O)N[C@H](CC(C)C)C(=O)N(C)[C@@H](Cc2ccccc2)C(=O)N[C@@H](CC(C)C)C(=O)N(C)[C@@H](CC)C(=O)N[C@@H]([C@@H](C)O)C1=O. The molecule has 11 atom stereocenters. The highest BCUT2D eigenvalue weighted by atomic mass is 16.5. The molecule has 27 nitrogen and oxygen atoms in total. The van der Waals surface area contributed by atoms with Crippen molar-refractivity contribution in [1.29, 1.82) is 0 Å². The minimum atomic E-state index is -1.70. The number of amides is 12. The summed E-state index contributed by atoms with van der Waals surface area (Å²) in [5, 5.41) is 25.4. The van der Waals surface area contributed by atoms with E-state index in [2.05, 4.69) is 26.6 Å². The standard InChI is InChI=1S/C75H120N12O15/c1-19-57-65(91)78-55(72(98)86-35-29-24-30-36-86)44-62(89)76-53(39-47(4)5)69(95)84(17)60(42-51-31-25-22-26-32-51)68(94)77-54(40-48(6)7)70(96)82(15)58(20-2)66(92)80-64(50(10)88)74(100)87(37-38-101-21-3)45-63(90)81(14)59(41-49(8)9)67(93)79-56(46-102-75(11,12)13)71(97)85(18)61(73(99)83(57)16)43-52-33-27-23-28-34-52/h22-23,25-28,31-34,47-50,53-61,64,88H,19-21,24,29-30,35-46H2,1-18H3,(H,76,89)(H,77,94)(H,78,91)(H,79,93)(H,80,92)/t50-,53-,54+,55+,56+,57+,58+,59+,60+,61+,64+/m1/s1.